The highest BCUT2D eigenvalue weighted by Crippen LogP contribution is 2.54. The van der Waals surface area contributed by atoms with Gasteiger partial charge in [0.1, 0.15) is 0 Å². The lowest BCUT2D eigenvalue weighted by Crippen LogP contribution is -2.50. The average molecular weight is 703 g/mol. The summed E-state index contributed by atoms with van der Waals surface area (Å²) < 4.78 is 98.9. The number of pyridine rings is 1. The highest BCUT2D eigenvalue weighted by atomic mass is 79.9. The van der Waals surface area contributed by atoms with Gasteiger partial charge in [-0.15, -0.1) is 0 Å². The second-order valence-electron chi connectivity index (χ2n) is 8.09. The summed E-state index contributed by atoms with van der Waals surface area (Å²) in [7, 11) is 2.36. The van der Waals surface area contributed by atoms with Crippen LogP contribution in [0.15, 0.2) is 63.8 Å². The number of benzene rings is 2. The number of methoxy groups -OCH3 is 1. The molecule has 0 bridgehead atoms. The minimum atomic E-state index is -6.33. The molecule has 0 radical (unpaired) electrons. The van der Waals surface area contributed by atoms with E-state index in [0.717, 1.165) is 24.3 Å². The van der Waals surface area contributed by atoms with Crippen molar-refractivity contribution in [3.05, 3.63) is 85.7 Å². The van der Waals surface area contributed by atoms with Crippen LogP contribution in [0.5, 0.6) is 5.75 Å². The summed E-state index contributed by atoms with van der Waals surface area (Å²) in [5, 5.41) is 13.7. The lowest BCUT2D eigenvalue weighted by molar-refractivity contribution is -0.605. The minimum absolute atomic E-state index is 0.0386. The summed E-state index contributed by atoms with van der Waals surface area (Å²) >= 11 is 5.68. The molecule has 1 heterocycles. The number of para-hydroxylation sites is 1. The van der Waals surface area contributed by atoms with Crippen LogP contribution >= 0.6 is 31.9 Å². The summed E-state index contributed by atoms with van der Waals surface area (Å²) in [4.78, 5) is 26.9. The van der Waals surface area contributed by atoms with Crippen molar-refractivity contribution < 1.29 is 49.8 Å². The zero-order valence-electron chi connectivity index (χ0n) is 20.1. The SMILES string of the molecule is COc1c(NC(=O)c2cc[n+]([O-])cc2)cccc1C(=O)N(C)c1c(Br)cc(C(F)(C(F)(F)F)C(F)(F)F)cc1Br. The molecule has 0 unspecified atom stereocenters. The van der Waals surface area contributed by atoms with Gasteiger partial charge in [0.2, 0.25) is 0 Å². The molecule has 0 aliphatic rings. The van der Waals surface area contributed by atoms with E-state index in [0.29, 0.717) is 4.73 Å². The van der Waals surface area contributed by atoms with Crippen molar-refractivity contribution in [1.29, 1.82) is 0 Å². The van der Waals surface area contributed by atoms with E-state index in [1.165, 1.54) is 37.4 Å². The molecule has 0 aliphatic heterocycles. The third-order valence-electron chi connectivity index (χ3n) is 5.60. The molecule has 16 heteroatoms. The molecule has 3 rings (SSSR count). The molecule has 0 spiro atoms. The third kappa shape index (κ3) is 5.73. The molecule has 0 aliphatic carbocycles. The van der Waals surface area contributed by atoms with Gasteiger partial charge in [0.25, 0.3) is 11.8 Å². The number of rotatable bonds is 6. The van der Waals surface area contributed by atoms with Gasteiger partial charge in [0.15, 0.2) is 18.1 Å². The number of anilines is 2. The van der Waals surface area contributed by atoms with Gasteiger partial charge in [-0.25, -0.2) is 4.39 Å². The van der Waals surface area contributed by atoms with E-state index in [2.05, 4.69) is 37.2 Å². The minimum Gasteiger partial charge on any atom is -0.619 e. The number of alkyl halides is 7. The molecule has 0 atom stereocenters. The van der Waals surface area contributed by atoms with Gasteiger partial charge >= 0.3 is 18.0 Å². The number of aromatic nitrogens is 1. The van der Waals surface area contributed by atoms with Gasteiger partial charge in [-0.2, -0.15) is 31.1 Å². The number of ether oxygens (including phenoxy) is 1. The monoisotopic (exact) mass is 701 g/mol. The molecule has 0 fully saturated rings. The Morgan fingerprint density at radius 3 is 1.95 bits per heavy atom. The summed E-state index contributed by atoms with van der Waals surface area (Å²) in [6, 6.07) is 7.15. The molecule has 7 nitrogen and oxygen atoms in total. The molecule has 1 aromatic heterocycles. The Hall–Kier alpha value is -3.40. The van der Waals surface area contributed by atoms with Crippen LogP contribution in [0.4, 0.5) is 42.1 Å². The molecule has 214 valence electrons. The third-order valence-corrected chi connectivity index (χ3v) is 6.81. The van der Waals surface area contributed by atoms with Gasteiger partial charge in [-0.3, -0.25) is 9.59 Å². The molecule has 0 saturated heterocycles. The van der Waals surface area contributed by atoms with E-state index >= 15 is 0 Å². The molecular weight excluding hydrogens is 687 g/mol. The van der Waals surface area contributed by atoms with Crippen LogP contribution in [0.2, 0.25) is 0 Å². The lowest BCUT2D eigenvalue weighted by Gasteiger charge is -2.31. The Balaban J connectivity index is 2.01. The molecular formula is C24H16Br2F7N3O4. The summed E-state index contributed by atoms with van der Waals surface area (Å²) in [5.41, 5.74) is -7.68. The van der Waals surface area contributed by atoms with Crippen molar-refractivity contribution in [3.63, 3.8) is 0 Å². The van der Waals surface area contributed by atoms with Gasteiger partial charge in [-0.05, 0) is 56.1 Å². The van der Waals surface area contributed by atoms with E-state index in [1.807, 2.05) is 0 Å². The highest BCUT2D eigenvalue weighted by Gasteiger charge is 2.73. The Morgan fingerprint density at radius 2 is 1.48 bits per heavy atom. The van der Waals surface area contributed by atoms with E-state index in [-0.39, 0.29) is 40.4 Å². The fraction of sp³-hybridized carbons (Fsp3) is 0.208. The van der Waals surface area contributed by atoms with Crippen LogP contribution in [-0.4, -0.2) is 38.3 Å². The lowest BCUT2D eigenvalue weighted by atomic mass is 9.94. The largest absolute Gasteiger partial charge is 0.619 e. The van der Waals surface area contributed by atoms with Crippen LogP contribution in [-0.2, 0) is 5.67 Å². The van der Waals surface area contributed by atoms with Crippen LogP contribution in [0.1, 0.15) is 26.3 Å². The quantitative estimate of drug-likeness (QED) is 0.177. The van der Waals surface area contributed by atoms with Crippen molar-refractivity contribution in [2.45, 2.75) is 18.0 Å². The van der Waals surface area contributed by atoms with E-state index in [4.69, 9.17) is 4.74 Å². The second kappa shape index (κ2) is 11.2. The summed E-state index contributed by atoms with van der Waals surface area (Å²) in [5.74, 6) is -1.63. The number of amides is 2. The number of hydrogen-bond acceptors (Lipinski definition) is 4. The van der Waals surface area contributed by atoms with Gasteiger partial charge in [0, 0.05) is 33.7 Å². The number of halogens is 9. The van der Waals surface area contributed by atoms with Gasteiger partial charge in [0.05, 0.1) is 29.6 Å². The van der Waals surface area contributed by atoms with Crippen molar-refractivity contribution in [1.82, 2.24) is 0 Å². The molecule has 0 saturated carbocycles. The predicted octanol–water partition coefficient (Wildman–Crippen LogP) is 6.67. The number of nitrogens with one attached hydrogen (secondary N) is 1. The second-order valence-corrected chi connectivity index (χ2v) is 9.80. The number of hydrogen-bond donors (Lipinski definition) is 1. The van der Waals surface area contributed by atoms with E-state index in [9.17, 15) is 45.5 Å². The summed E-state index contributed by atoms with van der Waals surface area (Å²) in [6.07, 6.45) is -10.5. The first kappa shape index (κ1) is 31.1. The first-order valence-electron chi connectivity index (χ1n) is 10.7. The maximum absolute atomic E-state index is 14.6. The van der Waals surface area contributed by atoms with Crippen molar-refractivity contribution in [3.8, 4) is 5.75 Å². The van der Waals surface area contributed by atoms with Crippen LogP contribution in [0, 0.1) is 5.21 Å². The van der Waals surface area contributed by atoms with Crippen molar-refractivity contribution in [2.24, 2.45) is 0 Å². The molecule has 2 aromatic carbocycles. The van der Waals surface area contributed by atoms with E-state index < -0.39 is 44.3 Å². The van der Waals surface area contributed by atoms with Crippen LogP contribution in [0.3, 0.4) is 0 Å². The van der Waals surface area contributed by atoms with Crippen LogP contribution in [0.25, 0.3) is 0 Å². The fourth-order valence-electron chi connectivity index (χ4n) is 3.64. The number of carbonyl (C=O) groups is 2. The molecule has 1 N–H and O–H groups in total. The Bertz CT molecular complexity index is 1410. The predicted molar refractivity (Wildman–Crippen MR) is 136 cm³/mol. The molecule has 2 amide bonds. The van der Waals surface area contributed by atoms with Crippen molar-refractivity contribution in [2.75, 3.05) is 24.4 Å². The first-order valence-corrected chi connectivity index (χ1v) is 12.3. The summed E-state index contributed by atoms with van der Waals surface area (Å²) in [6.45, 7) is 0. The maximum Gasteiger partial charge on any atom is 0.435 e. The van der Waals surface area contributed by atoms with Crippen LogP contribution < -0.4 is 19.7 Å². The first-order chi connectivity index (χ1) is 18.4. The zero-order valence-corrected chi connectivity index (χ0v) is 23.3. The van der Waals surface area contributed by atoms with Gasteiger partial charge in [-0.1, -0.05) is 6.07 Å². The van der Waals surface area contributed by atoms with E-state index in [1.54, 1.807) is 0 Å². The standard InChI is InChI=1S/C24H16Br2F7N3O4/c1-35(18-15(25)10-13(11-16(18)26)22(27,23(28,29)30)24(31,32)33)21(38)14-4-3-5-17(19(14)40-2)34-20(37)12-6-8-36(39)9-7-12/h3-11H,1-2H3,(H,34,37). The average Bonchev–Trinajstić information content (AvgIpc) is 2.86. The highest BCUT2D eigenvalue weighted by molar-refractivity contribution is 9.11. The fourth-order valence-corrected chi connectivity index (χ4v) is 5.36. The normalized spacial score (nSPS) is 12.2. The Labute approximate surface area is 238 Å². The number of nitrogens with zero attached hydrogens (tertiary/aromatic N) is 2. The van der Waals surface area contributed by atoms with Crippen molar-refractivity contribution >= 4 is 55.0 Å². The molecule has 3 aromatic rings. The molecule has 40 heavy (non-hydrogen) atoms. The Morgan fingerprint density at radius 1 is 0.950 bits per heavy atom. The van der Waals surface area contributed by atoms with Gasteiger partial charge < -0.3 is 20.2 Å². The maximum atomic E-state index is 14.6. The Kier molecular flexibility index (Phi) is 8.74. The smallest absolute Gasteiger partial charge is 0.435 e. The number of carbonyl (C=O) groups excluding carboxylic acids is 2. The topological polar surface area (TPSA) is 85.6 Å². The zero-order chi connectivity index (χ0) is 30.2.